The molecule has 2 heterocycles. The molecule has 0 saturated heterocycles. The van der Waals surface area contributed by atoms with Crippen LogP contribution in [0.4, 0.5) is 13.2 Å². The van der Waals surface area contributed by atoms with Gasteiger partial charge in [-0.2, -0.15) is 13.2 Å². The summed E-state index contributed by atoms with van der Waals surface area (Å²) in [5, 5.41) is 0.791. The maximum atomic E-state index is 12.6. The highest BCUT2D eigenvalue weighted by Crippen LogP contribution is 2.30. The first kappa shape index (κ1) is 17.5. The van der Waals surface area contributed by atoms with Gasteiger partial charge in [-0.1, -0.05) is 0 Å². The Morgan fingerprint density at radius 3 is 2.56 bits per heavy atom. The van der Waals surface area contributed by atoms with Gasteiger partial charge >= 0.3 is 6.18 Å². The minimum absolute atomic E-state index is 0.0547. The second-order valence-electron chi connectivity index (χ2n) is 5.34. The van der Waals surface area contributed by atoms with Crippen molar-refractivity contribution < 1.29 is 17.9 Å². The summed E-state index contributed by atoms with van der Waals surface area (Å²) in [6.45, 7) is 0.0547. The van der Waals surface area contributed by atoms with Crippen molar-refractivity contribution in [3.63, 3.8) is 0 Å². The maximum absolute atomic E-state index is 12.6. The highest BCUT2D eigenvalue weighted by molar-refractivity contribution is 9.10. The first-order valence-corrected chi connectivity index (χ1v) is 7.98. The zero-order chi connectivity index (χ0) is 18.2. The Labute approximate surface area is 149 Å². The third-order valence-electron chi connectivity index (χ3n) is 3.74. The largest absolute Gasteiger partial charge is 0.495 e. The molecule has 8 heteroatoms. The number of fused-ring (bicyclic) bond motifs is 1. The lowest BCUT2D eigenvalue weighted by molar-refractivity contribution is -0.137. The minimum atomic E-state index is -4.44. The first-order chi connectivity index (χ1) is 11.8. The van der Waals surface area contributed by atoms with E-state index in [0.717, 1.165) is 22.1 Å². The lowest BCUT2D eigenvalue weighted by Crippen LogP contribution is -2.20. The molecule has 0 unspecified atom stereocenters. The van der Waals surface area contributed by atoms with Crippen molar-refractivity contribution in [1.82, 2.24) is 9.55 Å². The Morgan fingerprint density at radius 1 is 1.20 bits per heavy atom. The number of benzene rings is 1. The van der Waals surface area contributed by atoms with Gasteiger partial charge in [-0.15, -0.1) is 0 Å². The molecule has 0 aliphatic rings. The molecule has 0 fully saturated rings. The molecule has 130 valence electrons. The van der Waals surface area contributed by atoms with Crippen LogP contribution >= 0.6 is 15.9 Å². The summed E-state index contributed by atoms with van der Waals surface area (Å²) in [7, 11) is 1.51. The molecular formula is C17H12BrF3N2O2. The van der Waals surface area contributed by atoms with Crippen LogP contribution in [0.25, 0.3) is 10.9 Å². The predicted octanol–water partition coefficient (Wildman–Crippen LogP) is 4.23. The number of alkyl halides is 3. The smallest absolute Gasteiger partial charge is 0.417 e. The number of halogens is 4. The van der Waals surface area contributed by atoms with Crippen molar-refractivity contribution in [1.29, 1.82) is 0 Å². The van der Waals surface area contributed by atoms with Crippen LogP contribution in [0, 0.1) is 0 Å². The zero-order valence-corrected chi connectivity index (χ0v) is 14.6. The quantitative estimate of drug-likeness (QED) is 0.646. The normalized spacial score (nSPS) is 11.7. The number of methoxy groups -OCH3 is 1. The van der Waals surface area contributed by atoms with E-state index in [1.54, 1.807) is 12.1 Å². The summed E-state index contributed by atoms with van der Waals surface area (Å²) in [6.07, 6.45) is -3.68. The van der Waals surface area contributed by atoms with Crippen LogP contribution < -0.4 is 10.3 Å². The van der Waals surface area contributed by atoms with Crippen molar-refractivity contribution in [3.8, 4) is 5.75 Å². The Hall–Kier alpha value is -2.35. The topological polar surface area (TPSA) is 44.1 Å². The van der Waals surface area contributed by atoms with Gasteiger partial charge in [0.15, 0.2) is 0 Å². The zero-order valence-electron chi connectivity index (χ0n) is 13.0. The molecular weight excluding hydrogens is 401 g/mol. The first-order valence-electron chi connectivity index (χ1n) is 7.19. The number of hydrogen-bond donors (Lipinski definition) is 0. The van der Waals surface area contributed by atoms with Crippen LogP contribution in [0.3, 0.4) is 0 Å². The predicted molar refractivity (Wildman–Crippen MR) is 90.8 cm³/mol. The fraction of sp³-hybridized carbons (Fsp3) is 0.176. The third-order valence-corrected chi connectivity index (χ3v) is 4.36. The van der Waals surface area contributed by atoms with Gasteiger partial charge in [0, 0.05) is 18.3 Å². The van der Waals surface area contributed by atoms with E-state index in [0.29, 0.717) is 17.0 Å². The van der Waals surface area contributed by atoms with Crippen LogP contribution in [0.5, 0.6) is 5.75 Å². The van der Waals surface area contributed by atoms with E-state index < -0.39 is 11.7 Å². The number of ether oxygens (including phenoxy) is 1. The summed E-state index contributed by atoms with van der Waals surface area (Å²) in [5.74, 6) is 0.548. The van der Waals surface area contributed by atoms with Crippen molar-refractivity contribution in [2.24, 2.45) is 0 Å². The Bertz CT molecular complexity index is 982. The summed E-state index contributed by atoms with van der Waals surface area (Å²) in [4.78, 5) is 16.1. The molecule has 0 bridgehead atoms. The summed E-state index contributed by atoms with van der Waals surface area (Å²) in [5.41, 5.74) is -0.149. The monoisotopic (exact) mass is 412 g/mol. The molecule has 0 atom stereocenters. The van der Waals surface area contributed by atoms with Crippen molar-refractivity contribution >= 4 is 26.8 Å². The number of hydrogen-bond acceptors (Lipinski definition) is 3. The SMILES string of the molecule is COc1cc2c(ccc(=O)n2Cc2ccc(C(F)(F)F)cn2)cc1Br. The Balaban J connectivity index is 2.06. The molecule has 0 spiro atoms. The van der Waals surface area contributed by atoms with Gasteiger partial charge in [0.05, 0.1) is 34.9 Å². The highest BCUT2D eigenvalue weighted by Gasteiger charge is 2.30. The molecule has 1 aromatic carbocycles. The number of rotatable bonds is 3. The van der Waals surface area contributed by atoms with Crippen LogP contribution in [-0.4, -0.2) is 16.7 Å². The van der Waals surface area contributed by atoms with Crippen LogP contribution in [-0.2, 0) is 12.7 Å². The van der Waals surface area contributed by atoms with Crippen molar-refractivity contribution in [2.75, 3.05) is 7.11 Å². The van der Waals surface area contributed by atoms with Crippen LogP contribution in [0.1, 0.15) is 11.3 Å². The van der Waals surface area contributed by atoms with Gasteiger partial charge < -0.3 is 9.30 Å². The van der Waals surface area contributed by atoms with E-state index in [4.69, 9.17) is 4.74 Å². The number of nitrogens with zero attached hydrogens (tertiary/aromatic N) is 2. The highest BCUT2D eigenvalue weighted by atomic mass is 79.9. The maximum Gasteiger partial charge on any atom is 0.417 e. The third kappa shape index (κ3) is 3.53. The molecule has 0 N–H and O–H groups in total. The number of aromatic nitrogens is 2. The number of pyridine rings is 2. The average Bonchev–Trinajstić information content (AvgIpc) is 2.57. The molecule has 25 heavy (non-hydrogen) atoms. The van der Waals surface area contributed by atoms with Crippen molar-refractivity contribution in [2.45, 2.75) is 12.7 Å². The van der Waals surface area contributed by atoms with Gasteiger partial charge in [0.25, 0.3) is 5.56 Å². The molecule has 0 aliphatic heterocycles. The van der Waals surface area contributed by atoms with Gasteiger partial charge in [-0.25, -0.2) is 0 Å². The lowest BCUT2D eigenvalue weighted by Gasteiger charge is -2.13. The average molecular weight is 413 g/mol. The Kier molecular flexibility index (Phi) is 4.55. The van der Waals surface area contributed by atoms with E-state index in [1.807, 2.05) is 6.07 Å². The molecule has 3 aromatic rings. The molecule has 0 aliphatic carbocycles. The van der Waals surface area contributed by atoms with Gasteiger partial charge in [0.1, 0.15) is 5.75 Å². The minimum Gasteiger partial charge on any atom is -0.495 e. The molecule has 3 rings (SSSR count). The van der Waals surface area contributed by atoms with Crippen LogP contribution in [0.15, 0.2) is 51.9 Å². The second kappa shape index (κ2) is 6.51. The second-order valence-corrected chi connectivity index (χ2v) is 6.19. The lowest BCUT2D eigenvalue weighted by atomic mass is 10.2. The molecule has 0 radical (unpaired) electrons. The van der Waals surface area contributed by atoms with E-state index in [9.17, 15) is 18.0 Å². The van der Waals surface area contributed by atoms with Crippen molar-refractivity contribution in [3.05, 3.63) is 68.7 Å². The van der Waals surface area contributed by atoms with E-state index >= 15 is 0 Å². The van der Waals surface area contributed by atoms with E-state index in [1.165, 1.54) is 23.8 Å². The van der Waals surface area contributed by atoms with E-state index in [-0.39, 0.29) is 12.1 Å². The summed E-state index contributed by atoms with van der Waals surface area (Å²) < 4.78 is 45.3. The Morgan fingerprint density at radius 2 is 1.96 bits per heavy atom. The van der Waals surface area contributed by atoms with Gasteiger partial charge in [-0.05, 0) is 45.6 Å². The van der Waals surface area contributed by atoms with Gasteiger partial charge in [-0.3, -0.25) is 9.78 Å². The van der Waals surface area contributed by atoms with E-state index in [2.05, 4.69) is 20.9 Å². The van der Waals surface area contributed by atoms with Gasteiger partial charge in [0.2, 0.25) is 0 Å². The molecule has 0 amide bonds. The fourth-order valence-corrected chi connectivity index (χ4v) is 2.99. The van der Waals surface area contributed by atoms with Crippen LogP contribution in [0.2, 0.25) is 0 Å². The standard InChI is InChI=1S/C17H12BrF3N2O2/c1-25-15-7-14-10(6-13(15)18)2-5-16(24)23(14)9-12-4-3-11(8-22-12)17(19,20)21/h2-8H,9H2,1H3. The summed E-state index contributed by atoms with van der Waals surface area (Å²) >= 11 is 3.38. The fourth-order valence-electron chi connectivity index (χ4n) is 2.46. The summed E-state index contributed by atoms with van der Waals surface area (Å²) in [6, 6.07) is 8.82. The molecule has 4 nitrogen and oxygen atoms in total. The molecule has 0 saturated carbocycles. The molecule has 2 aromatic heterocycles.